The van der Waals surface area contributed by atoms with E-state index in [-0.39, 0.29) is 12.7 Å². The van der Waals surface area contributed by atoms with Crippen LogP contribution in [0.4, 0.5) is 0 Å². The first-order valence-electron chi connectivity index (χ1n) is 7.73. The molecule has 5 nitrogen and oxygen atoms in total. The standard InChI is InChI=1S/C18H18ClNO4/c1-9(2)24-18(22)14-10(3)20-13-8-23-17(21)16(13)15(14)11-4-6-12(19)7-5-11/h4-7,9,15,20H,8H2,1-3H3. The molecule has 126 valence electrons. The number of carbonyl (C=O) groups is 2. The van der Waals surface area contributed by atoms with Gasteiger partial charge < -0.3 is 14.8 Å². The Kier molecular flexibility index (Phi) is 4.37. The normalized spacial score (nSPS) is 20.0. The summed E-state index contributed by atoms with van der Waals surface area (Å²) >= 11 is 5.97. The van der Waals surface area contributed by atoms with Crippen molar-refractivity contribution in [3.8, 4) is 0 Å². The molecular formula is C18H18ClNO4. The molecule has 2 heterocycles. The predicted octanol–water partition coefficient (Wildman–Crippen LogP) is 3.06. The van der Waals surface area contributed by atoms with Crippen LogP contribution in [0, 0.1) is 0 Å². The monoisotopic (exact) mass is 347 g/mol. The fourth-order valence-electron chi connectivity index (χ4n) is 3.00. The minimum Gasteiger partial charge on any atom is -0.460 e. The Hall–Kier alpha value is -2.27. The van der Waals surface area contributed by atoms with Gasteiger partial charge in [0.25, 0.3) is 0 Å². The van der Waals surface area contributed by atoms with Gasteiger partial charge in [-0.3, -0.25) is 0 Å². The summed E-state index contributed by atoms with van der Waals surface area (Å²) < 4.78 is 10.5. The molecule has 0 saturated carbocycles. The molecule has 2 aliphatic heterocycles. The second-order valence-corrected chi connectivity index (χ2v) is 6.51. The van der Waals surface area contributed by atoms with Crippen molar-refractivity contribution in [1.82, 2.24) is 5.32 Å². The van der Waals surface area contributed by atoms with Gasteiger partial charge in [-0.15, -0.1) is 0 Å². The first-order valence-corrected chi connectivity index (χ1v) is 8.10. The van der Waals surface area contributed by atoms with Crippen molar-refractivity contribution in [2.45, 2.75) is 32.8 Å². The smallest absolute Gasteiger partial charge is 0.337 e. The predicted molar refractivity (Wildman–Crippen MR) is 89.2 cm³/mol. The van der Waals surface area contributed by atoms with Crippen molar-refractivity contribution in [2.75, 3.05) is 6.61 Å². The highest BCUT2D eigenvalue weighted by molar-refractivity contribution is 6.30. The van der Waals surface area contributed by atoms with Crippen molar-refractivity contribution in [3.05, 3.63) is 57.4 Å². The molecule has 0 aliphatic carbocycles. The summed E-state index contributed by atoms with van der Waals surface area (Å²) in [5.74, 6) is -1.39. The summed E-state index contributed by atoms with van der Waals surface area (Å²) in [7, 11) is 0. The van der Waals surface area contributed by atoms with E-state index in [2.05, 4.69) is 5.32 Å². The first-order chi connectivity index (χ1) is 11.4. The van der Waals surface area contributed by atoms with E-state index in [1.54, 1.807) is 32.9 Å². The van der Waals surface area contributed by atoms with E-state index in [0.29, 0.717) is 27.6 Å². The minimum absolute atomic E-state index is 0.183. The van der Waals surface area contributed by atoms with Crippen molar-refractivity contribution in [3.63, 3.8) is 0 Å². The zero-order valence-corrected chi connectivity index (χ0v) is 14.4. The zero-order chi connectivity index (χ0) is 17.4. The largest absolute Gasteiger partial charge is 0.460 e. The van der Waals surface area contributed by atoms with Gasteiger partial charge in [-0.05, 0) is 38.5 Å². The van der Waals surface area contributed by atoms with Crippen LogP contribution in [-0.2, 0) is 19.1 Å². The minimum atomic E-state index is -0.528. The van der Waals surface area contributed by atoms with E-state index in [0.717, 1.165) is 5.56 Å². The van der Waals surface area contributed by atoms with Crippen molar-refractivity contribution in [1.29, 1.82) is 0 Å². The molecule has 1 aromatic rings. The summed E-state index contributed by atoms with van der Waals surface area (Å²) in [6.45, 7) is 5.56. The number of allylic oxidation sites excluding steroid dienone is 1. The summed E-state index contributed by atoms with van der Waals surface area (Å²) in [4.78, 5) is 24.9. The number of carbonyl (C=O) groups excluding carboxylic acids is 2. The van der Waals surface area contributed by atoms with Gasteiger partial charge in [-0.25, -0.2) is 9.59 Å². The molecule has 3 rings (SSSR count). The molecule has 0 aromatic heterocycles. The van der Waals surface area contributed by atoms with Crippen LogP contribution in [0.15, 0.2) is 46.8 Å². The van der Waals surface area contributed by atoms with Gasteiger partial charge >= 0.3 is 11.9 Å². The number of nitrogens with one attached hydrogen (secondary N) is 1. The van der Waals surface area contributed by atoms with Gasteiger partial charge in [0.1, 0.15) is 6.61 Å². The highest BCUT2D eigenvalue weighted by Crippen LogP contribution is 2.41. The third-order valence-corrected chi connectivity index (χ3v) is 4.23. The van der Waals surface area contributed by atoms with Crippen molar-refractivity contribution in [2.24, 2.45) is 0 Å². The van der Waals surface area contributed by atoms with Crippen LogP contribution in [0.2, 0.25) is 5.02 Å². The van der Waals surface area contributed by atoms with Gasteiger partial charge in [0.05, 0.1) is 28.9 Å². The number of halogens is 1. The van der Waals surface area contributed by atoms with Gasteiger partial charge in [0.15, 0.2) is 0 Å². The lowest BCUT2D eigenvalue weighted by Gasteiger charge is -2.28. The number of esters is 2. The van der Waals surface area contributed by atoms with E-state index in [4.69, 9.17) is 21.1 Å². The fraction of sp³-hybridized carbons (Fsp3) is 0.333. The number of rotatable bonds is 3. The Balaban J connectivity index is 2.11. The third kappa shape index (κ3) is 2.91. The molecule has 0 spiro atoms. The van der Waals surface area contributed by atoms with E-state index >= 15 is 0 Å². The molecule has 1 N–H and O–H groups in total. The Bertz CT molecular complexity index is 762. The van der Waals surface area contributed by atoms with Crippen LogP contribution >= 0.6 is 11.6 Å². The second kappa shape index (κ2) is 6.32. The molecule has 0 fully saturated rings. The molecule has 0 saturated heterocycles. The van der Waals surface area contributed by atoms with Crippen LogP contribution < -0.4 is 5.32 Å². The lowest BCUT2D eigenvalue weighted by molar-refractivity contribution is -0.143. The average molecular weight is 348 g/mol. The summed E-state index contributed by atoms with van der Waals surface area (Å²) in [5, 5.41) is 3.70. The van der Waals surface area contributed by atoms with E-state index < -0.39 is 17.9 Å². The van der Waals surface area contributed by atoms with Gasteiger partial charge in [-0.1, -0.05) is 23.7 Å². The van der Waals surface area contributed by atoms with Crippen molar-refractivity contribution < 1.29 is 19.1 Å². The number of benzene rings is 1. The molecular weight excluding hydrogens is 330 g/mol. The second-order valence-electron chi connectivity index (χ2n) is 6.07. The average Bonchev–Trinajstić information content (AvgIpc) is 2.87. The third-order valence-electron chi connectivity index (χ3n) is 3.98. The Morgan fingerprint density at radius 3 is 2.62 bits per heavy atom. The summed E-state index contributed by atoms with van der Waals surface area (Å²) in [5.41, 5.74) is 3.03. The molecule has 1 aromatic carbocycles. The summed E-state index contributed by atoms with van der Waals surface area (Å²) in [6, 6.07) is 7.09. The van der Waals surface area contributed by atoms with Gasteiger partial charge in [0.2, 0.25) is 0 Å². The molecule has 0 amide bonds. The van der Waals surface area contributed by atoms with Crippen LogP contribution in [0.5, 0.6) is 0 Å². The van der Waals surface area contributed by atoms with Gasteiger partial charge in [0, 0.05) is 10.7 Å². The maximum Gasteiger partial charge on any atom is 0.337 e. The van der Waals surface area contributed by atoms with Crippen LogP contribution in [0.25, 0.3) is 0 Å². The SMILES string of the molecule is CC1=C(C(=O)OC(C)C)C(c2ccc(Cl)cc2)C2=C(COC2=O)N1. The van der Waals surface area contributed by atoms with Crippen LogP contribution in [-0.4, -0.2) is 24.6 Å². The number of dihydropyridines is 1. The Morgan fingerprint density at radius 1 is 1.33 bits per heavy atom. The first kappa shape index (κ1) is 16.6. The van der Waals surface area contributed by atoms with E-state index in [9.17, 15) is 9.59 Å². The molecule has 1 unspecified atom stereocenters. The van der Waals surface area contributed by atoms with Crippen LogP contribution in [0.1, 0.15) is 32.3 Å². The highest BCUT2D eigenvalue weighted by Gasteiger charge is 2.41. The van der Waals surface area contributed by atoms with Gasteiger partial charge in [-0.2, -0.15) is 0 Å². The quantitative estimate of drug-likeness (QED) is 0.851. The maximum atomic E-state index is 12.6. The molecule has 2 aliphatic rings. The maximum absolute atomic E-state index is 12.6. The number of hydrogen-bond donors (Lipinski definition) is 1. The number of cyclic esters (lactones) is 1. The molecule has 6 heteroatoms. The summed E-state index contributed by atoms with van der Waals surface area (Å²) in [6.07, 6.45) is -0.255. The number of ether oxygens (including phenoxy) is 2. The highest BCUT2D eigenvalue weighted by atomic mass is 35.5. The topological polar surface area (TPSA) is 64.6 Å². The Labute approximate surface area is 145 Å². The van der Waals surface area contributed by atoms with E-state index in [1.165, 1.54) is 0 Å². The lowest BCUT2D eigenvalue weighted by atomic mass is 9.81. The molecule has 0 bridgehead atoms. The van der Waals surface area contributed by atoms with E-state index in [1.807, 2.05) is 12.1 Å². The van der Waals surface area contributed by atoms with Crippen molar-refractivity contribution >= 4 is 23.5 Å². The Morgan fingerprint density at radius 2 is 2.00 bits per heavy atom. The lowest BCUT2D eigenvalue weighted by Crippen LogP contribution is -2.31. The van der Waals surface area contributed by atoms with Crippen LogP contribution in [0.3, 0.4) is 0 Å². The zero-order valence-electron chi connectivity index (χ0n) is 13.7. The molecule has 1 atom stereocenters. The fourth-order valence-corrected chi connectivity index (χ4v) is 3.13. The molecule has 24 heavy (non-hydrogen) atoms. The number of hydrogen-bond acceptors (Lipinski definition) is 5. The molecule has 0 radical (unpaired) electrons.